The Hall–Kier alpha value is -3.49. The molecular formula is C22H24FN5O3. The predicted octanol–water partition coefficient (Wildman–Crippen LogP) is 3.05. The van der Waals surface area contributed by atoms with Crippen molar-refractivity contribution in [3.05, 3.63) is 47.5 Å². The topological polar surface area (TPSA) is 91.6 Å². The summed E-state index contributed by atoms with van der Waals surface area (Å²) < 4.78 is 15.0. The lowest BCUT2D eigenvalue weighted by Crippen LogP contribution is -2.48. The lowest BCUT2D eigenvalue weighted by molar-refractivity contribution is -0.129. The molecule has 1 aliphatic heterocycles. The minimum atomic E-state index is -1.14. The van der Waals surface area contributed by atoms with Crippen LogP contribution in [0.4, 0.5) is 10.1 Å². The van der Waals surface area contributed by atoms with Crippen LogP contribution in [-0.4, -0.2) is 62.8 Å². The summed E-state index contributed by atoms with van der Waals surface area (Å²) in [7, 11) is 0. The van der Waals surface area contributed by atoms with E-state index in [1.807, 2.05) is 13.8 Å². The molecule has 0 saturated carbocycles. The molecule has 3 heterocycles. The number of carboxylic acid groups (broad SMARTS) is 1. The van der Waals surface area contributed by atoms with Crippen molar-refractivity contribution in [1.29, 1.82) is 0 Å². The van der Waals surface area contributed by atoms with E-state index < -0.39 is 5.97 Å². The van der Waals surface area contributed by atoms with E-state index in [-0.39, 0.29) is 23.3 Å². The summed E-state index contributed by atoms with van der Waals surface area (Å²) in [4.78, 5) is 31.8. The molecule has 0 radical (unpaired) electrons. The molecule has 1 aliphatic rings. The lowest BCUT2D eigenvalue weighted by atomic mass is 10.0. The Bertz CT molecular complexity index is 1150. The van der Waals surface area contributed by atoms with Crippen molar-refractivity contribution in [3.63, 3.8) is 0 Å². The Morgan fingerprint density at radius 2 is 1.74 bits per heavy atom. The van der Waals surface area contributed by atoms with E-state index in [0.29, 0.717) is 37.5 Å². The second-order valence-electron chi connectivity index (χ2n) is 7.95. The first-order chi connectivity index (χ1) is 14.8. The molecule has 0 aliphatic carbocycles. The minimum Gasteiger partial charge on any atom is -0.477 e. The van der Waals surface area contributed by atoms with Crippen molar-refractivity contribution < 1.29 is 19.1 Å². The summed E-state index contributed by atoms with van der Waals surface area (Å²) in [6.45, 7) is 7.86. The van der Waals surface area contributed by atoms with Crippen molar-refractivity contribution >= 4 is 28.6 Å². The molecule has 0 bridgehead atoms. The van der Waals surface area contributed by atoms with E-state index in [1.165, 1.54) is 12.1 Å². The highest BCUT2D eigenvalue weighted by molar-refractivity contribution is 5.98. The van der Waals surface area contributed by atoms with Crippen LogP contribution in [-0.2, 0) is 4.79 Å². The number of rotatable bonds is 4. The summed E-state index contributed by atoms with van der Waals surface area (Å²) in [5, 5.41) is 15.2. The normalized spacial score (nSPS) is 14.5. The fraction of sp³-hybridized carbons (Fsp3) is 0.364. The monoisotopic (exact) mass is 425 g/mol. The van der Waals surface area contributed by atoms with Gasteiger partial charge in [0.05, 0.1) is 22.5 Å². The number of halogens is 1. The molecule has 162 valence electrons. The molecule has 1 aromatic carbocycles. The van der Waals surface area contributed by atoms with Crippen LogP contribution in [0.15, 0.2) is 30.3 Å². The maximum absolute atomic E-state index is 13.5. The zero-order valence-electron chi connectivity index (χ0n) is 17.7. The largest absolute Gasteiger partial charge is 0.477 e. The maximum Gasteiger partial charge on any atom is 0.354 e. The van der Waals surface area contributed by atoms with Crippen LogP contribution in [0.25, 0.3) is 16.7 Å². The van der Waals surface area contributed by atoms with Gasteiger partial charge in [-0.3, -0.25) is 4.79 Å². The Morgan fingerprint density at radius 3 is 2.29 bits per heavy atom. The number of anilines is 1. The van der Waals surface area contributed by atoms with Crippen molar-refractivity contribution in [1.82, 2.24) is 19.7 Å². The molecule has 1 N–H and O–H groups in total. The smallest absolute Gasteiger partial charge is 0.354 e. The molecule has 2 aromatic heterocycles. The van der Waals surface area contributed by atoms with Gasteiger partial charge in [-0.05, 0) is 36.2 Å². The average molecular weight is 425 g/mol. The molecule has 8 nitrogen and oxygen atoms in total. The van der Waals surface area contributed by atoms with Gasteiger partial charge in [-0.2, -0.15) is 5.10 Å². The first kappa shape index (κ1) is 20.8. The number of amides is 1. The molecule has 0 unspecified atom stereocenters. The SMILES string of the molecule is CC(=O)N1CCN(c2cc(C(=O)O)nc3c2c(C(C)C)nn3-c2ccc(F)cc2)CC1. The fourth-order valence-corrected chi connectivity index (χ4v) is 3.91. The second kappa shape index (κ2) is 7.98. The number of aromatic carboxylic acids is 1. The molecule has 0 spiro atoms. The number of hydrogen-bond donors (Lipinski definition) is 1. The number of aromatic nitrogens is 3. The van der Waals surface area contributed by atoms with Gasteiger partial charge in [0.25, 0.3) is 0 Å². The quantitative estimate of drug-likeness (QED) is 0.691. The number of carbonyl (C=O) groups excluding carboxylic acids is 1. The molecule has 1 amide bonds. The van der Waals surface area contributed by atoms with Gasteiger partial charge in [0.1, 0.15) is 5.82 Å². The van der Waals surface area contributed by atoms with E-state index in [0.717, 1.165) is 16.8 Å². The maximum atomic E-state index is 13.5. The Labute approximate surface area is 178 Å². The van der Waals surface area contributed by atoms with Crippen molar-refractivity contribution in [2.24, 2.45) is 0 Å². The van der Waals surface area contributed by atoms with E-state index in [9.17, 15) is 19.1 Å². The van der Waals surface area contributed by atoms with Crippen molar-refractivity contribution in [3.8, 4) is 5.69 Å². The minimum absolute atomic E-state index is 0.0257. The van der Waals surface area contributed by atoms with E-state index >= 15 is 0 Å². The van der Waals surface area contributed by atoms with Crippen LogP contribution in [0.1, 0.15) is 42.9 Å². The van der Waals surface area contributed by atoms with Crippen LogP contribution < -0.4 is 4.90 Å². The molecule has 0 atom stereocenters. The zero-order valence-corrected chi connectivity index (χ0v) is 17.7. The number of pyridine rings is 1. The van der Waals surface area contributed by atoms with Gasteiger partial charge in [0.15, 0.2) is 11.3 Å². The summed E-state index contributed by atoms with van der Waals surface area (Å²) in [5.41, 5.74) is 2.45. The van der Waals surface area contributed by atoms with Crippen LogP contribution in [0.2, 0.25) is 0 Å². The lowest BCUT2D eigenvalue weighted by Gasteiger charge is -2.36. The van der Waals surface area contributed by atoms with E-state index in [2.05, 4.69) is 9.88 Å². The molecule has 1 saturated heterocycles. The third-order valence-electron chi connectivity index (χ3n) is 5.55. The molecule has 31 heavy (non-hydrogen) atoms. The zero-order chi connectivity index (χ0) is 22.3. The third kappa shape index (κ3) is 3.83. The Morgan fingerprint density at radius 1 is 1.10 bits per heavy atom. The van der Waals surface area contributed by atoms with Crippen LogP contribution in [0, 0.1) is 5.82 Å². The summed E-state index contributed by atoms with van der Waals surface area (Å²) in [6.07, 6.45) is 0. The van der Waals surface area contributed by atoms with Crippen LogP contribution >= 0.6 is 0 Å². The number of fused-ring (bicyclic) bond motifs is 1. The summed E-state index contributed by atoms with van der Waals surface area (Å²) in [5.74, 6) is -1.42. The number of hydrogen-bond acceptors (Lipinski definition) is 5. The highest BCUT2D eigenvalue weighted by Gasteiger charge is 2.27. The molecule has 9 heteroatoms. The number of benzene rings is 1. The molecule has 1 fully saturated rings. The van der Waals surface area contributed by atoms with Gasteiger partial charge >= 0.3 is 5.97 Å². The highest BCUT2D eigenvalue weighted by Crippen LogP contribution is 2.35. The van der Waals surface area contributed by atoms with Gasteiger partial charge < -0.3 is 14.9 Å². The Kier molecular flexibility index (Phi) is 5.34. The first-order valence-corrected chi connectivity index (χ1v) is 10.2. The number of nitrogens with zero attached hydrogens (tertiary/aromatic N) is 5. The van der Waals surface area contributed by atoms with Crippen LogP contribution in [0.5, 0.6) is 0 Å². The molecule has 3 aromatic rings. The van der Waals surface area contributed by atoms with E-state index in [4.69, 9.17) is 5.10 Å². The number of piperazine rings is 1. The summed E-state index contributed by atoms with van der Waals surface area (Å²) in [6, 6.07) is 7.43. The van der Waals surface area contributed by atoms with Gasteiger partial charge in [-0.1, -0.05) is 13.8 Å². The first-order valence-electron chi connectivity index (χ1n) is 10.2. The third-order valence-corrected chi connectivity index (χ3v) is 5.55. The van der Waals surface area contributed by atoms with Gasteiger partial charge in [0.2, 0.25) is 5.91 Å². The van der Waals surface area contributed by atoms with Gasteiger partial charge in [-0.25, -0.2) is 18.9 Å². The van der Waals surface area contributed by atoms with Crippen LogP contribution in [0.3, 0.4) is 0 Å². The van der Waals surface area contributed by atoms with E-state index in [1.54, 1.807) is 34.7 Å². The standard InChI is InChI=1S/C22H24FN5O3/c1-13(2)20-19-18(27-10-8-26(9-11-27)14(3)29)12-17(22(30)31)24-21(19)28(25-20)16-6-4-15(23)5-7-16/h4-7,12-13H,8-11H2,1-3H3,(H,30,31). The summed E-state index contributed by atoms with van der Waals surface area (Å²) >= 11 is 0. The highest BCUT2D eigenvalue weighted by atomic mass is 19.1. The predicted molar refractivity (Wildman–Crippen MR) is 114 cm³/mol. The van der Waals surface area contributed by atoms with Gasteiger partial charge in [0, 0.05) is 33.1 Å². The van der Waals surface area contributed by atoms with Gasteiger partial charge in [-0.15, -0.1) is 0 Å². The van der Waals surface area contributed by atoms with Crippen molar-refractivity contribution in [2.45, 2.75) is 26.7 Å². The average Bonchev–Trinajstić information content (AvgIpc) is 3.13. The second-order valence-corrected chi connectivity index (χ2v) is 7.95. The number of carbonyl (C=O) groups is 2. The fourth-order valence-electron chi connectivity index (χ4n) is 3.91. The Balaban J connectivity index is 1.92. The number of carboxylic acids is 1. The van der Waals surface area contributed by atoms with Crippen molar-refractivity contribution in [2.75, 3.05) is 31.1 Å². The molecule has 4 rings (SSSR count). The molecular weight excluding hydrogens is 401 g/mol.